The number of aryl methyl sites for hydroxylation is 3. The Morgan fingerprint density at radius 3 is 2.88 bits per heavy atom. The highest BCUT2D eigenvalue weighted by atomic mass is 16.5. The Kier molecular flexibility index (Phi) is 7.85. The maximum atomic E-state index is 13.2. The lowest BCUT2D eigenvalue weighted by atomic mass is 9.91. The number of morpholine rings is 1. The summed E-state index contributed by atoms with van der Waals surface area (Å²) in [6.45, 7) is 6.46. The summed E-state index contributed by atoms with van der Waals surface area (Å²) in [6.07, 6.45) is 3.31. The van der Waals surface area contributed by atoms with Gasteiger partial charge in [-0.1, -0.05) is 30.3 Å². The summed E-state index contributed by atoms with van der Waals surface area (Å²) in [7, 11) is 0. The lowest BCUT2D eigenvalue weighted by Gasteiger charge is -2.41. The number of carbonyl (C=O) groups is 2. The summed E-state index contributed by atoms with van der Waals surface area (Å²) in [5.74, 6) is 0.691. The van der Waals surface area contributed by atoms with Crippen LogP contribution in [0.15, 0.2) is 42.5 Å². The second-order valence-electron chi connectivity index (χ2n) is 9.34. The lowest BCUT2D eigenvalue weighted by molar-refractivity contribution is -0.163. The molecule has 2 aliphatic rings. The molecule has 1 atom stereocenters. The van der Waals surface area contributed by atoms with E-state index in [1.807, 2.05) is 55.1 Å². The Morgan fingerprint density at radius 1 is 1.15 bits per heavy atom. The van der Waals surface area contributed by atoms with Crippen molar-refractivity contribution in [2.45, 2.75) is 45.1 Å². The molecule has 7 nitrogen and oxygen atoms in total. The van der Waals surface area contributed by atoms with Gasteiger partial charge in [0.2, 0.25) is 5.91 Å². The molecule has 7 heteroatoms. The van der Waals surface area contributed by atoms with Crippen LogP contribution >= 0.6 is 0 Å². The molecule has 0 aliphatic carbocycles. The Labute approximate surface area is 201 Å². The van der Waals surface area contributed by atoms with Crippen molar-refractivity contribution in [3.8, 4) is 5.75 Å². The first-order chi connectivity index (χ1) is 16.4. The van der Waals surface area contributed by atoms with Gasteiger partial charge in [-0.25, -0.2) is 0 Å². The van der Waals surface area contributed by atoms with Crippen molar-refractivity contribution >= 4 is 17.5 Å². The number of anilines is 1. The summed E-state index contributed by atoms with van der Waals surface area (Å²) >= 11 is 0. The van der Waals surface area contributed by atoms with Gasteiger partial charge in [0.1, 0.15) is 12.4 Å². The van der Waals surface area contributed by atoms with Gasteiger partial charge in [-0.2, -0.15) is 0 Å². The molecule has 0 bridgehead atoms. The smallest absolute Gasteiger partial charge is 0.253 e. The number of hydrogen-bond acceptors (Lipinski definition) is 5. The number of fused-ring (bicyclic) bond motifs is 1. The third-order valence-electron chi connectivity index (χ3n) is 6.61. The first kappa shape index (κ1) is 24.2. The Bertz CT molecular complexity index is 1020. The van der Waals surface area contributed by atoms with Gasteiger partial charge < -0.3 is 20.1 Å². The van der Waals surface area contributed by atoms with Gasteiger partial charge in [0.25, 0.3) is 5.91 Å². The average molecular weight is 466 g/mol. The van der Waals surface area contributed by atoms with E-state index in [9.17, 15) is 9.59 Å². The van der Waals surface area contributed by atoms with E-state index in [0.717, 1.165) is 41.8 Å². The molecular weight excluding hydrogens is 430 g/mol. The summed E-state index contributed by atoms with van der Waals surface area (Å²) in [5, 5.41) is 6.03. The maximum Gasteiger partial charge on any atom is 0.253 e. The van der Waals surface area contributed by atoms with Crippen LogP contribution in [0.3, 0.4) is 0 Å². The fraction of sp³-hybridized carbons (Fsp3) is 0.481. The van der Waals surface area contributed by atoms with Crippen molar-refractivity contribution < 1.29 is 19.1 Å². The molecule has 1 unspecified atom stereocenters. The topological polar surface area (TPSA) is 79.9 Å². The highest BCUT2D eigenvalue weighted by Gasteiger charge is 2.43. The molecule has 0 radical (unpaired) electrons. The van der Waals surface area contributed by atoms with Crippen LogP contribution in [-0.2, 0) is 20.7 Å². The third kappa shape index (κ3) is 5.96. The largest absolute Gasteiger partial charge is 0.491 e. The fourth-order valence-electron chi connectivity index (χ4n) is 4.72. The molecule has 2 aromatic rings. The monoisotopic (exact) mass is 465 g/mol. The molecule has 1 fully saturated rings. The molecule has 2 aromatic carbocycles. The number of para-hydroxylation sites is 1. The molecule has 2 N–H and O–H groups in total. The number of nitrogens with one attached hydrogen (secondary N) is 2. The van der Waals surface area contributed by atoms with Crippen LogP contribution in [0, 0.1) is 13.8 Å². The van der Waals surface area contributed by atoms with E-state index in [1.165, 1.54) is 5.56 Å². The van der Waals surface area contributed by atoms with Crippen LogP contribution < -0.4 is 15.4 Å². The number of carbonyl (C=O) groups excluding carboxylic acids is 2. The van der Waals surface area contributed by atoms with Crippen molar-refractivity contribution in [2.75, 3.05) is 44.7 Å². The molecule has 1 saturated heterocycles. The van der Waals surface area contributed by atoms with Gasteiger partial charge in [-0.3, -0.25) is 14.5 Å². The van der Waals surface area contributed by atoms with Gasteiger partial charge >= 0.3 is 0 Å². The number of nitrogens with zero attached hydrogens (tertiary/aromatic N) is 1. The summed E-state index contributed by atoms with van der Waals surface area (Å²) in [4.78, 5) is 28.1. The Morgan fingerprint density at radius 2 is 2.00 bits per heavy atom. The van der Waals surface area contributed by atoms with E-state index < -0.39 is 5.60 Å². The number of ether oxygens (including phenoxy) is 2. The van der Waals surface area contributed by atoms with E-state index in [4.69, 9.17) is 9.47 Å². The predicted molar refractivity (Wildman–Crippen MR) is 132 cm³/mol. The quantitative estimate of drug-likeness (QED) is 0.728. The molecule has 0 saturated carbocycles. The molecule has 0 aromatic heterocycles. The standard InChI is InChI=1S/C27H35N3O4/c1-20-10-11-21(2)23(17-20)29-25(31)18-30-14-16-34-27(19-30)12-6-5-8-22-7-3-4-9-24(22)33-15-13-28-26(27)32/h3-4,7,9-11,17H,5-6,8,12-16,18-19H2,1-2H3,(H,28,32)(H,29,31). The second kappa shape index (κ2) is 11.0. The molecule has 34 heavy (non-hydrogen) atoms. The van der Waals surface area contributed by atoms with Crippen LogP contribution in [-0.4, -0.2) is 61.7 Å². The predicted octanol–water partition coefficient (Wildman–Crippen LogP) is 3.23. The van der Waals surface area contributed by atoms with Crippen LogP contribution in [0.1, 0.15) is 36.0 Å². The minimum atomic E-state index is -0.948. The summed E-state index contributed by atoms with van der Waals surface area (Å²) in [6, 6.07) is 14.1. The van der Waals surface area contributed by atoms with Crippen molar-refractivity contribution in [2.24, 2.45) is 0 Å². The minimum Gasteiger partial charge on any atom is -0.491 e. The maximum absolute atomic E-state index is 13.2. The summed E-state index contributed by atoms with van der Waals surface area (Å²) in [5.41, 5.74) is 3.20. The van der Waals surface area contributed by atoms with Crippen molar-refractivity contribution in [1.29, 1.82) is 0 Å². The van der Waals surface area contributed by atoms with E-state index in [-0.39, 0.29) is 18.4 Å². The second-order valence-corrected chi connectivity index (χ2v) is 9.34. The minimum absolute atomic E-state index is 0.0793. The van der Waals surface area contributed by atoms with Crippen LogP contribution in [0.2, 0.25) is 0 Å². The van der Waals surface area contributed by atoms with E-state index in [1.54, 1.807) is 0 Å². The van der Waals surface area contributed by atoms with Crippen LogP contribution in [0.5, 0.6) is 5.75 Å². The van der Waals surface area contributed by atoms with E-state index >= 15 is 0 Å². The first-order valence-corrected chi connectivity index (χ1v) is 12.2. The van der Waals surface area contributed by atoms with Gasteiger partial charge in [-0.15, -0.1) is 0 Å². The number of rotatable bonds is 3. The normalized spacial score (nSPS) is 22.0. The van der Waals surface area contributed by atoms with Gasteiger partial charge in [0, 0.05) is 18.8 Å². The summed E-state index contributed by atoms with van der Waals surface area (Å²) < 4.78 is 12.0. The van der Waals surface area contributed by atoms with E-state index in [0.29, 0.717) is 39.3 Å². The molecule has 2 heterocycles. The third-order valence-corrected chi connectivity index (χ3v) is 6.61. The molecule has 182 valence electrons. The van der Waals surface area contributed by atoms with Crippen molar-refractivity contribution in [3.05, 3.63) is 59.2 Å². The highest BCUT2D eigenvalue weighted by molar-refractivity contribution is 5.93. The zero-order valence-corrected chi connectivity index (χ0v) is 20.2. The zero-order valence-electron chi connectivity index (χ0n) is 20.2. The average Bonchev–Trinajstić information content (AvgIpc) is 2.82. The lowest BCUT2D eigenvalue weighted by Crippen LogP contribution is -2.61. The van der Waals surface area contributed by atoms with Crippen LogP contribution in [0.25, 0.3) is 0 Å². The van der Waals surface area contributed by atoms with Gasteiger partial charge in [-0.05, 0) is 68.4 Å². The first-order valence-electron chi connectivity index (χ1n) is 12.2. The molecule has 4 rings (SSSR count). The molecule has 1 spiro atoms. The SMILES string of the molecule is Cc1ccc(C)c(NC(=O)CN2CCOC3(CCCCc4ccccc4OCCNC3=O)C2)c1. The van der Waals surface area contributed by atoms with E-state index in [2.05, 4.69) is 16.7 Å². The van der Waals surface area contributed by atoms with Gasteiger partial charge in [0.05, 0.1) is 19.7 Å². The Balaban J connectivity index is 1.41. The van der Waals surface area contributed by atoms with Crippen LogP contribution in [0.4, 0.5) is 5.69 Å². The van der Waals surface area contributed by atoms with Crippen molar-refractivity contribution in [1.82, 2.24) is 10.2 Å². The Hall–Kier alpha value is -2.90. The zero-order chi connectivity index (χ0) is 24.0. The number of hydrogen-bond donors (Lipinski definition) is 2. The highest BCUT2D eigenvalue weighted by Crippen LogP contribution is 2.27. The molecular formula is C27H35N3O4. The van der Waals surface area contributed by atoms with Crippen molar-refractivity contribution in [3.63, 3.8) is 0 Å². The number of benzene rings is 2. The molecule has 2 aliphatic heterocycles. The number of amides is 2. The van der Waals surface area contributed by atoms with Gasteiger partial charge in [0.15, 0.2) is 5.60 Å². The fourth-order valence-corrected chi connectivity index (χ4v) is 4.72. The molecule has 2 amide bonds.